The van der Waals surface area contributed by atoms with Gasteiger partial charge in [0.05, 0.1) is 0 Å². The highest BCUT2D eigenvalue weighted by atomic mass is 15.2. The van der Waals surface area contributed by atoms with Crippen molar-refractivity contribution >= 4 is 0 Å². The van der Waals surface area contributed by atoms with E-state index in [-0.39, 0.29) is 0 Å². The molecule has 0 aromatic rings. The third kappa shape index (κ3) is 2.48. The van der Waals surface area contributed by atoms with Gasteiger partial charge in [0.15, 0.2) is 0 Å². The maximum atomic E-state index is 2.46. The lowest BCUT2D eigenvalue weighted by atomic mass is 10.0. The summed E-state index contributed by atoms with van der Waals surface area (Å²) in [6, 6.07) is 0. The van der Waals surface area contributed by atoms with Crippen molar-refractivity contribution in [2.45, 2.75) is 46.1 Å². The lowest BCUT2D eigenvalue weighted by Crippen LogP contribution is -2.41. The van der Waals surface area contributed by atoms with Crippen molar-refractivity contribution < 1.29 is 0 Å². The van der Waals surface area contributed by atoms with Gasteiger partial charge in [-0.3, -0.25) is 0 Å². The third-order valence-electron chi connectivity index (χ3n) is 2.87. The van der Waals surface area contributed by atoms with E-state index in [1.54, 1.807) is 0 Å². The molecule has 0 N–H and O–H groups in total. The Hall–Kier alpha value is -0.0400. The Balaban J connectivity index is 2.37. The molecule has 0 saturated heterocycles. The monoisotopic (exact) mass is 155 g/mol. The molecule has 1 aliphatic carbocycles. The van der Waals surface area contributed by atoms with Gasteiger partial charge in [-0.05, 0) is 46.1 Å². The van der Waals surface area contributed by atoms with E-state index < -0.39 is 0 Å². The summed E-state index contributed by atoms with van der Waals surface area (Å²) < 4.78 is 0. The van der Waals surface area contributed by atoms with Gasteiger partial charge in [-0.2, -0.15) is 0 Å². The second-order valence-electron chi connectivity index (χ2n) is 5.34. The van der Waals surface area contributed by atoms with Crippen molar-refractivity contribution in [3.05, 3.63) is 0 Å². The van der Waals surface area contributed by atoms with Gasteiger partial charge in [-0.25, -0.2) is 0 Å². The average Bonchev–Trinajstić information content (AvgIpc) is 2.45. The summed E-state index contributed by atoms with van der Waals surface area (Å²) in [7, 11) is 2.23. The lowest BCUT2D eigenvalue weighted by molar-refractivity contribution is 0.146. The molecular weight excluding hydrogens is 134 g/mol. The minimum atomic E-state index is 0.339. The van der Waals surface area contributed by atoms with Gasteiger partial charge in [-0.15, -0.1) is 0 Å². The molecule has 11 heavy (non-hydrogen) atoms. The van der Waals surface area contributed by atoms with Crippen LogP contribution in [0.15, 0.2) is 0 Å². The SMILES string of the molecule is CN(CC1(C)CC1)C(C)(C)C. The average molecular weight is 155 g/mol. The molecule has 1 nitrogen and oxygen atoms in total. The van der Waals surface area contributed by atoms with Crippen LogP contribution in [0.5, 0.6) is 0 Å². The standard InChI is InChI=1S/C10H21N/c1-9(2,3)11(5)8-10(4)6-7-10/h6-8H2,1-5H3. The molecule has 1 rings (SSSR count). The van der Waals surface area contributed by atoms with Gasteiger partial charge in [0.1, 0.15) is 0 Å². The highest BCUT2D eigenvalue weighted by Crippen LogP contribution is 2.45. The normalized spacial score (nSPS) is 22.4. The van der Waals surface area contributed by atoms with E-state index in [2.05, 4.69) is 39.6 Å². The van der Waals surface area contributed by atoms with Crippen molar-refractivity contribution in [3.63, 3.8) is 0 Å². The molecule has 0 atom stereocenters. The van der Waals surface area contributed by atoms with E-state index in [9.17, 15) is 0 Å². The van der Waals surface area contributed by atoms with Crippen LogP contribution >= 0.6 is 0 Å². The first-order valence-electron chi connectivity index (χ1n) is 4.55. The maximum absolute atomic E-state index is 2.46. The van der Waals surface area contributed by atoms with E-state index in [4.69, 9.17) is 0 Å². The van der Waals surface area contributed by atoms with Crippen molar-refractivity contribution in [1.29, 1.82) is 0 Å². The largest absolute Gasteiger partial charge is 0.301 e. The summed E-state index contributed by atoms with van der Waals surface area (Å²) in [6.07, 6.45) is 2.85. The molecular formula is C10H21N. The van der Waals surface area contributed by atoms with E-state index in [0.717, 1.165) is 0 Å². The van der Waals surface area contributed by atoms with Crippen LogP contribution < -0.4 is 0 Å². The van der Waals surface area contributed by atoms with Crippen LogP contribution in [0.1, 0.15) is 40.5 Å². The Labute approximate surface area is 70.8 Å². The zero-order chi connectivity index (χ0) is 8.70. The molecule has 0 unspecified atom stereocenters. The minimum absolute atomic E-state index is 0.339. The highest BCUT2D eigenvalue weighted by Gasteiger charge is 2.39. The summed E-state index contributed by atoms with van der Waals surface area (Å²) in [4.78, 5) is 2.46. The molecule has 1 fully saturated rings. The van der Waals surface area contributed by atoms with E-state index >= 15 is 0 Å². The van der Waals surface area contributed by atoms with Crippen molar-refractivity contribution in [1.82, 2.24) is 4.90 Å². The van der Waals surface area contributed by atoms with Gasteiger partial charge in [0, 0.05) is 12.1 Å². The fourth-order valence-corrected chi connectivity index (χ4v) is 1.18. The van der Waals surface area contributed by atoms with Crippen LogP contribution in [0, 0.1) is 5.41 Å². The number of nitrogens with zero attached hydrogens (tertiary/aromatic N) is 1. The van der Waals surface area contributed by atoms with E-state index in [1.165, 1.54) is 19.4 Å². The second-order valence-corrected chi connectivity index (χ2v) is 5.34. The zero-order valence-corrected chi connectivity index (χ0v) is 8.57. The summed E-state index contributed by atoms with van der Waals surface area (Å²) in [5.74, 6) is 0. The summed E-state index contributed by atoms with van der Waals surface area (Å²) in [5.41, 5.74) is 0.994. The van der Waals surface area contributed by atoms with Crippen LogP contribution in [0.3, 0.4) is 0 Å². The Morgan fingerprint density at radius 1 is 1.27 bits per heavy atom. The van der Waals surface area contributed by atoms with Crippen molar-refractivity contribution in [2.24, 2.45) is 5.41 Å². The van der Waals surface area contributed by atoms with Crippen molar-refractivity contribution in [3.8, 4) is 0 Å². The zero-order valence-electron chi connectivity index (χ0n) is 8.57. The van der Waals surface area contributed by atoms with Gasteiger partial charge in [0.2, 0.25) is 0 Å². The molecule has 0 aliphatic heterocycles. The quantitative estimate of drug-likeness (QED) is 0.592. The smallest absolute Gasteiger partial charge is 0.0122 e. The minimum Gasteiger partial charge on any atom is -0.301 e. The first kappa shape index (κ1) is 9.05. The van der Waals surface area contributed by atoms with Crippen LogP contribution in [0.2, 0.25) is 0 Å². The number of hydrogen-bond acceptors (Lipinski definition) is 1. The summed E-state index contributed by atoms with van der Waals surface area (Å²) in [6.45, 7) is 10.5. The third-order valence-corrected chi connectivity index (χ3v) is 2.87. The van der Waals surface area contributed by atoms with Crippen LogP contribution in [-0.4, -0.2) is 24.0 Å². The fraction of sp³-hybridized carbons (Fsp3) is 1.00. The molecule has 66 valence electrons. The van der Waals surface area contributed by atoms with E-state index in [0.29, 0.717) is 11.0 Å². The first-order valence-corrected chi connectivity index (χ1v) is 4.55. The highest BCUT2D eigenvalue weighted by molar-refractivity contribution is 4.92. The molecule has 1 aliphatic rings. The Bertz CT molecular complexity index is 139. The van der Waals surface area contributed by atoms with Gasteiger partial charge < -0.3 is 4.90 Å². The lowest BCUT2D eigenvalue weighted by Gasteiger charge is -2.34. The van der Waals surface area contributed by atoms with Gasteiger partial charge >= 0.3 is 0 Å². The fourth-order valence-electron chi connectivity index (χ4n) is 1.18. The molecule has 0 amide bonds. The van der Waals surface area contributed by atoms with E-state index in [1.807, 2.05) is 0 Å². The predicted octanol–water partition coefficient (Wildman–Crippen LogP) is 2.52. The van der Waals surface area contributed by atoms with Crippen molar-refractivity contribution in [2.75, 3.05) is 13.6 Å². The topological polar surface area (TPSA) is 3.24 Å². The molecule has 0 heterocycles. The first-order chi connectivity index (χ1) is 4.83. The summed E-state index contributed by atoms with van der Waals surface area (Å²) >= 11 is 0. The molecule has 0 aromatic heterocycles. The molecule has 0 spiro atoms. The van der Waals surface area contributed by atoms with Crippen LogP contribution in [0.25, 0.3) is 0 Å². The Morgan fingerprint density at radius 2 is 1.73 bits per heavy atom. The molecule has 1 saturated carbocycles. The molecule has 1 heteroatoms. The second kappa shape index (κ2) is 2.48. The van der Waals surface area contributed by atoms with Gasteiger partial charge in [-0.1, -0.05) is 6.92 Å². The van der Waals surface area contributed by atoms with Gasteiger partial charge in [0.25, 0.3) is 0 Å². The van der Waals surface area contributed by atoms with Crippen LogP contribution in [0.4, 0.5) is 0 Å². The van der Waals surface area contributed by atoms with Crippen LogP contribution in [-0.2, 0) is 0 Å². The molecule has 0 radical (unpaired) electrons. The Kier molecular flexibility index (Phi) is 2.04. The molecule has 0 bridgehead atoms. The predicted molar refractivity (Wildman–Crippen MR) is 49.7 cm³/mol. The number of hydrogen-bond donors (Lipinski definition) is 0. The maximum Gasteiger partial charge on any atom is 0.0122 e. The molecule has 0 aromatic carbocycles. The summed E-state index contributed by atoms with van der Waals surface area (Å²) in [5, 5.41) is 0. The Morgan fingerprint density at radius 3 is 2.00 bits per heavy atom. The number of rotatable bonds is 2.